The molecule has 0 aliphatic heterocycles. The average molecular weight is 344 g/mol. The van der Waals surface area contributed by atoms with Crippen LogP contribution in [-0.4, -0.2) is 5.78 Å². The number of hydrogen-bond acceptors (Lipinski definition) is 2. The normalized spacial score (nSPS) is 10.4. The van der Waals surface area contributed by atoms with E-state index in [2.05, 4.69) is 31.9 Å². The van der Waals surface area contributed by atoms with Crippen molar-refractivity contribution in [3.05, 3.63) is 56.4 Å². The van der Waals surface area contributed by atoms with Gasteiger partial charge in [0.15, 0.2) is 10.4 Å². The van der Waals surface area contributed by atoms with Crippen LogP contribution < -0.4 is 0 Å². The third kappa shape index (κ3) is 2.13. The third-order valence-electron chi connectivity index (χ3n) is 2.31. The van der Waals surface area contributed by atoms with E-state index in [9.17, 15) is 4.79 Å². The summed E-state index contributed by atoms with van der Waals surface area (Å²) in [6.45, 7) is 1.90. The number of hydrogen-bond donors (Lipinski definition) is 0. The molecule has 82 valence electrons. The second-order valence-electron chi connectivity index (χ2n) is 3.35. The van der Waals surface area contributed by atoms with Gasteiger partial charge in [-0.05, 0) is 46.6 Å². The van der Waals surface area contributed by atoms with E-state index >= 15 is 0 Å². The summed E-state index contributed by atoms with van der Waals surface area (Å²) in [5.41, 5.74) is 1.57. The first-order chi connectivity index (χ1) is 7.59. The van der Waals surface area contributed by atoms with Gasteiger partial charge >= 0.3 is 0 Å². The van der Waals surface area contributed by atoms with E-state index in [-0.39, 0.29) is 5.78 Å². The second-order valence-corrected chi connectivity index (χ2v) is 4.98. The molecule has 2 nitrogen and oxygen atoms in total. The van der Waals surface area contributed by atoms with Crippen LogP contribution in [0.5, 0.6) is 0 Å². The zero-order valence-corrected chi connectivity index (χ0v) is 11.6. The molecule has 0 spiro atoms. The Bertz CT molecular complexity index is 544. The van der Waals surface area contributed by atoms with Crippen LogP contribution >= 0.6 is 31.9 Å². The van der Waals surface area contributed by atoms with Crippen molar-refractivity contribution in [1.82, 2.24) is 0 Å². The first-order valence-corrected chi connectivity index (χ1v) is 6.23. The number of benzene rings is 1. The van der Waals surface area contributed by atoms with Gasteiger partial charge in [0.1, 0.15) is 0 Å². The fraction of sp³-hybridized carbons (Fsp3) is 0.0833. The summed E-state index contributed by atoms with van der Waals surface area (Å²) in [5, 5.41) is 0. The lowest BCUT2D eigenvalue weighted by Crippen LogP contribution is -2.02. The summed E-state index contributed by atoms with van der Waals surface area (Å²) in [4.78, 5) is 12.1. The van der Waals surface area contributed by atoms with Crippen molar-refractivity contribution >= 4 is 37.6 Å². The van der Waals surface area contributed by atoms with Crippen molar-refractivity contribution in [3.63, 3.8) is 0 Å². The van der Waals surface area contributed by atoms with Gasteiger partial charge in [-0.3, -0.25) is 4.79 Å². The van der Waals surface area contributed by atoms with E-state index in [0.717, 1.165) is 10.0 Å². The second kappa shape index (κ2) is 4.55. The van der Waals surface area contributed by atoms with Crippen LogP contribution in [0.25, 0.3) is 0 Å². The highest BCUT2D eigenvalue weighted by Gasteiger charge is 2.16. The van der Waals surface area contributed by atoms with Crippen LogP contribution in [0.2, 0.25) is 0 Å². The van der Waals surface area contributed by atoms with E-state index in [1.54, 1.807) is 18.2 Å². The van der Waals surface area contributed by atoms with Crippen molar-refractivity contribution in [3.8, 4) is 0 Å². The molecule has 0 saturated carbocycles. The van der Waals surface area contributed by atoms with Gasteiger partial charge in [0.2, 0.25) is 5.78 Å². The Labute approximate surface area is 110 Å². The molecule has 0 aliphatic carbocycles. The maximum Gasteiger partial charge on any atom is 0.228 e. The summed E-state index contributed by atoms with van der Waals surface area (Å²) in [6.07, 6.45) is 0. The summed E-state index contributed by atoms with van der Waals surface area (Å²) < 4.78 is 6.73. The van der Waals surface area contributed by atoms with Gasteiger partial charge in [-0.1, -0.05) is 28.1 Å². The van der Waals surface area contributed by atoms with Gasteiger partial charge in [-0.15, -0.1) is 0 Å². The Morgan fingerprint density at radius 1 is 1.19 bits per heavy atom. The van der Waals surface area contributed by atoms with E-state index in [1.165, 1.54) is 0 Å². The molecular weight excluding hydrogens is 336 g/mol. The molecule has 0 unspecified atom stereocenters. The Morgan fingerprint density at radius 2 is 1.94 bits per heavy atom. The zero-order valence-electron chi connectivity index (χ0n) is 8.46. The van der Waals surface area contributed by atoms with E-state index in [1.807, 2.05) is 19.1 Å². The number of carbonyl (C=O) groups is 1. The Hall–Kier alpha value is -0.870. The lowest BCUT2D eigenvalue weighted by atomic mass is 10.0. The summed E-state index contributed by atoms with van der Waals surface area (Å²) in [7, 11) is 0. The standard InChI is InChI=1S/C12H8Br2O2/c1-7-8(3-2-4-9(7)13)12(15)10-5-6-11(14)16-10/h2-6H,1H3. The number of ketones is 1. The highest BCUT2D eigenvalue weighted by Crippen LogP contribution is 2.23. The first kappa shape index (κ1) is 11.6. The Balaban J connectivity index is 2.45. The lowest BCUT2D eigenvalue weighted by Gasteiger charge is -2.04. The van der Waals surface area contributed by atoms with Gasteiger partial charge in [0.05, 0.1) is 0 Å². The van der Waals surface area contributed by atoms with Crippen LogP contribution in [0.15, 0.2) is 43.9 Å². The smallest absolute Gasteiger partial charge is 0.228 e. The molecule has 0 atom stereocenters. The molecule has 0 bridgehead atoms. The third-order valence-corrected chi connectivity index (χ3v) is 3.59. The van der Waals surface area contributed by atoms with Crippen molar-refractivity contribution in [1.29, 1.82) is 0 Å². The van der Waals surface area contributed by atoms with Crippen molar-refractivity contribution in [2.24, 2.45) is 0 Å². The Morgan fingerprint density at radius 3 is 2.56 bits per heavy atom. The van der Waals surface area contributed by atoms with Crippen LogP contribution in [0.1, 0.15) is 21.7 Å². The number of furan rings is 1. The molecule has 4 heteroatoms. The van der Waals surface area contributed by atoms with Crippen LogP contribution in [0.3, 0.4) is 0 Å². The SMILES string of the molecule is Cc1c(Br)cccc1C(=O)c1ccc(Br)o1. The molecule has 2 rings (SSSR count). The van der Waals surface area contributed by atoms with Gasteiger partial charge in [0, 0.05) is 10.0 Å². The fourth-order valence-corrected chi connectivity index (χ4v) is 2.10. The monoisotopic (exact) mass is 342 g/mol. The summed E-state index contributed by atoms with van der Waals surface area (Å²) in [6, 6.07) is 8.90. The highest BCUT2D eigenvalue weighted by molar-refractivity contribution is 9.10. The maximum atomic E-state index is 12.1. The van der Waals surface area contributed by atoms with Gasteiger partial charge in [-0.25, -0.2) is 0 Å². The molecule has 1 aromatic heterocycles. The maximum absolute atomic E-state index is 12.1. The molecule has 0 fully saturated rings. The lowest BCUT2D eigenvalue weighted by molar-refractivity contribution is 0.101. The van der Waals surface area contributed by atoms with E-state index in [0.29, 0.717) is 16.0 Å². The molecule has 1 aromatic carbocycles. The average Bonchev–Trinajstić information content (AvgIpc) is 2.68. The zero-order chi connectivity index (χ0) is 11.7. The number of halogens is 2. The topological polar surface area (TPSA) is 30.2 Å². The van der Waals surface area contributed by atoms with Crippen molar-refractivity contribution < 1.29 is 9.21 Å². The highest BCUT2D eigenvalue weighted by atomic mass is 79.9. The Kier molecular flexibility index (Phi) is 3.30. The van der Waals surface area contributed by atoms with Crippen LogP contribution in [0.4, 0.5) is 0 Å². The summed E-state index contributed by atoms with van der Waals surface area (Å²) >= 11 is 6.58. The quantitative estimate of drug-likeness (QED) is 0.759. The van der Waals surface area contributed by atoms with Gasteiger partial charge < -0.3 is 4.42 Å². The molecular formula is C12H8Br2O2. The minimum Gasteiger partial charge on any atom is -0.446 e. The molecule has 16 heavy (non-hydrogen) atoms. The predicted molar refractivity (Wildman–Crippen MR) is 68.7 cm³/mol. The molecule has 0 radical (unpaired) electrons. The number of carbonyl (C=O) groups excluding carboxylic acids is 1. The van der Waals surface area contributed by atoms with Gasteiger partial charge in [0.25, 0.3) is 0 Å². The largest absolute Gasteiger partial charge is 0.446 e. The van der Waals surface area contributed by atoms with Crippen molar-refractivity contribution in [2.75, 3.05) is 0 Å². The fourth-order valence-electron chi connectivity index (χ4n) is 1.42. The van der Waals surface area contributed by atoms with Crippen LogP contribution in [0, 0.1) is 6.92 Å². The molecule has 0 N–H and O–H groups in total. The minimum absolute atomic E-state index is 0.107. The number of rotatable bonds is 2. The molecule has 0 saturated heterocycles. The summed E-state index contributed by atoms with van der Waals surface area (Å²) in [5.74, 6) is 0.234. The van der Waals surface area contributed by atoms with E-state index < -0.39 is 0 Å². The molecule has 2 aromatic rings. The van der Waals surface area contributed by atoms with E-state index in [4.69, 9.17) is 4.42 Å². The molecule has 0 aliphatic rings. The van der Waals surface area contributed by atoms with Crippen LogP contribution in [-0.2, 0) is 0 Å². The molecule has 1 heterocycles. The van der Waals surface area contributed by atoms with Crippen molar-refractivity contribution in [2.45, 2.75) is 6.92 Å². The molecule has 0 amide bonds. The predicted octanol–water partition coefficient (Wildman–Crippen LogP) is 4.34. The minimum atomic E-state index is -0.107. The first-order valence-electron chi connectivity index (χ1n) is 4.65. The van der Waals surface area contributed by atoms with Gasteiger partial charge in [-0.2, -0.15) is 0 Å².